The number of rotatable bonds is 4. The number of carbonyl (C=O) groups is 1. The Balaban J connectivity index is 1.78. The van der Waals surface area contributed by atoms with Crippen LogP contribution in [-0.2, 0) is 21.4 Å². The van der Waals surface area contributed by atoms with Crippen LogP contribution in [0.5, 0.6) is 0 Å². The lowest BCUT2D eigenvalue weighted by Crippen LogP contribution is -2.23. The Kier molecular flexibility index (Phi) is 3.88. The second-order valence-electron chi connectivity index (χ2n) is 6.83. The van der Waals surface area contributed by atoms with Crippen molar-refractivity contribution in [1.82, 2.24) is 19.8 Å². The van der Waals surface area contributed by atoms with Gasteiger partial charge in [-0.1, -0.05) is 0 Å². The molecule has 3 heterocycles. The molecule has 2 unspecified atom stereocenters. The number of methoxy groups -OCH3 is 1. The highest BCUT2D eigenvalue weighted by atomic mass is 16.7. The van der Waals surface area contributed by atoms with Crippen molar-refractivity contribution < 1.29 is 14.4 Å². The maximum Gasteiger partial charge on any atom is 0.337 e. The normalized spacial score (nSPS) is 24.0. The molecule has 0 radical (unpaired) electrons. The zero-order valence-corrected chi connectivity index (χ0v) is 14.9. The predicted molar refractivity (Wildman–Crippen MR) is 91.9 cm³/mol. The average molecular weight is 345 g/mol. The Morgan fingerprint density at radius 1 is 1.40 bits per heavy atom. The lowest BCUT2D eigenvalue weighted by Gasteiger charge is -2.21. The van der Waals surface area contributed by atoms with E-state index in [9.17, 15) is 4.79 Å². The number of aryl methyl sites for hydroxylation is 2. The van der Waals surface area contributed by atoms with Crippen LogP contribution in [0, 0.1) is 6.92 Å². The lowest BCUT2D eigenvalue weighted by atomic mass is 9.99. The molecule has 2 fully saturated rings. The minimum Gasteiger partial charge on any atom is -0.467 e. The molecule has 0 spiro atoms. The van der Waals surface area contributed by atoms with E-state index in [0.717, 1.165) is 28.0 Å². The first-order valence-corrected chi connectivity index (χ1v) is 8.55. The first kappa shape index (κ1) is 16.3. The number of hydrogen-bond acceptors (Lipinski definition) is 7. The van der Waals surface area contributed by atoms with Gasteiger partial charge in [-0.05, 0) is 19.8 Å². The summed E-state index contributed by atoms with van der Waals surface area (Å²) in [6, 6.07) is 0.426. The average Bonchev–Trinajstić information content (AvgIpc) is 3.25. The number of ether oxygens (including phenoxy) is 1. The third-order valence-corrected chi connectivity index (χ3v) is 4.98. The second kappa shape index (κ2) is 5.96. The predicted octanol–water partition coefficient (Wildman–Crippen LogP) is 1.70. The Morgan fingerprint density at radius 3 is 2.84 bits per heavy atom. The van der Waals surface area contributed by atoms with Crippen LogP contribution >= 0.6 is 0 Å². The van der Waals surface area contributed by atoms with Gasteiger partial charge in [0.2, 0.25) is 0 Å². The highest BCUT2D eigenvalue weighted by Gasteiger charge is 2.39. The maximum atomic E-state index is 11.9. The van der Waals surface area contributed by atoms with Crippen molar-refractivity contribution >= 4 is 22.7 Å². The summed E-state index contributed by atoms with van der Waals surface area (Å²) >= 11 is 0. The largest absolute Gasteiger partial charge is 0.467 e. The molecule has 1 saturated carbocycles. The summed E-state index contributed by atoms with van der Waals surface area (Å²) in [5.74, 6) is -0.349. The van der Waals surface area contributed by atoms with Gasteiger partial charge in [-0.25, -0.2) is 9.78 Å². The van der Waals surface area contributed by atoms with Crippen LogP contribution < -0.4 is 5.32 Å². The van der Waals surface area contributed by atoms with E-state index >= 15 is 0 Å². The van der Waals surface area contributed by atoms with E-state index in [1.165, 1.54) is 20.0 Å². The van der Waals surface area contributed by atoms with Crippen molar-refractivity contribution in [1.29, 1.82) is 0 Å². The number of nitrogens with zero attached hydrogens (tertiary/aromatic N) is 4. The molecule has 1 saturated heterocycles. The third kappa shape index (κ3) is 2.75. The van der Waals surface area contributed by atoms with E-state index < -0.39 is 6.10 Å². The summed E-state index contributed by atoms with van der Waals surface area (Å²) in [5.41, 5.74) is 3.89. The molecule has 134 valence electrons. The molecule has 2 aliphatic rings. The Bertz CT molecular complexity index is 829. The van der Waals surface area contributed by atoms with Crippen LogP contribution in [0.3, 0.4) is 0 Å². The van der Waals surface area contributed by atoms with Gasteiger partial charge in [-0.3, -0.25) is 9.52 Å². The summed E-state index contributed by atoms with van der Waals surface area (Å²) in [6.45, 7) is 2.00. The van der Waals surface area contributed by atoms with Crippen LogP contribution in [0.25, 0.3) is 11.0 Å². The van der Waals surface area contributed by atoms with Crippen LogP contribution in [0.15, 0.2) is 6.20 Å². The number of pyridine rings is 1. The molecular weight excluding hydrogens is 322 g/mol. The van der Waals surface area contributed by atoms with E-state index in [2.05, 4.69) is 15.4 Å². The molecule has 8 nitrogen and oxygen atoms in total. The van der Waals surface area contributed by atoms with Crippen molar-refractivity contribution in [2.24, 2.45) is 7.05 Å². The van der Waals surface area contributed by atoms with Crippen molar-refractivity contribution in [2.75, 3.05) is 19.5 Å². The monoisotopic (exact) mass is 345 g/mol. The first-order chi connectivity index (χ1) is 12.0. The van der Waals surface area contributed by atoms with Crippen LogP contribution in [0.1, 0.15) is 36.6 Å². The number of nitrogens with one attached hydrogen (secondary N) is 1. The molecule has 0 amide bonds. The topological polar surface area (TPSA) is 81.5 Å². The van der Waals surface area contributed by atoms with Crippen LogP contribution in [0.4, 0.5) is 5.69 Å². The van der Waals surface area contributed by atoms with Crippen molar-refractivity contribution in [3.63, 3.8) is 0 Å². The van der Waals surface area contributed by atoms with Gasteiger partial charge in [0.1, 0.15) is 0 Å². The summed E-state index contributed by atoms with van der Waals surface area (Å²) in [5, 5.41) is 10.9. The van der Waals surface area contributed by atoms with E-state index in [-0.39, 0.29) is 12.0 Å². The quantitative estimate of drug-likeness (QED) is 0.845. The molecule has 1 aliphatic carbocycles. The SMILES string of the molecule is COC(=O)C1CC(c2cnc3c(c(C)nn3C)c2NC2CC2)N(C)O1. The van der Waals surface area contributed by atoms with Gasteiger partial charge in [0.05, 0.1) is 29.9 Å². The summed E-state index contributed by atoms with van der Waals surface area (Å²) < 4.78 is 6.63. The number of fused-ring (bicyclic) bond motifs is 1. The van der Waals surface area contributed by atoms with Crippen LogP contribution in [0.2, 0.25) is 0 Å². The number of hydrogen-bond donors (Lipinski definition) is 1. The highest BCUT2D eigenvalue weighted by molar-refractivity contribution is 5.93. The first-order valence-electron chi connectivity index (χ1n) is 8.55. The molecule has 8 heteroatoms. The molecule has 1 N–H and O–H groups in total. The van der Waals surface area contributed by atoms with E-state index in [1.807, 2.05) is 27.2 Å². The fourth-order valence-electron chi connectivity index (χ4n) is 3.53. The standard InChI is InChI=1S/C17H23N5O3/c1-9-14-15(19-10-5-6-10)11(8-18-16(14)21(2)20-9)12-7-13(17(23)24-4)25-22(12)3/h8,10,12-13H,5-7H2,1-4H3,(H,18,19). The number of carbonyl (C=O) groups excluding carboxylic acids is 1. The fraction of sp³-hybridized carbons (Fsp3) is 0.588. The number of aromatic nitrogens is 3. The molecule has 1 aliphatic heterocycles. The van der Waals surface area contributed by atoms with E-state index in [0.29, 0.717) is 12.5 Å². The lowest BCUT2D eigenvalue weighted by molar-refractivity contribution is -0.179. The minimum atomic E-state index is -0.584. The maximum absolute atomic E-state index is 11.9. The molecule has 0 bridgehead atoms. The van der Waals surface area contributed by atoms with Crippen molar-refractivity contribution in [3.8, 4) is 0 Å². The summed E-state index contributed by atoms with van der Waals surface area (Å²) in [6.07, 6.45) is 4.17. The molecule has 2 aromatic heterocycles. The third-order valence-electron chi connectivity index (χ3n) is 4.98. The molecule has 0 aromatic carbocycles. The molecule has 2 aromatic rings. The zero-order valence-electron chi connectivity index (χ0n) is 14.9. The minimum absolute atomic E-state index is 0.0677. The molecule has 25 heavy (non-hydrogen) atoms. The Labute approximate surface area is 146 Å². The smallest absolute Gasteiger partial charge is 0.337 e. The Morgan fingerprint density at radius 2 is 2.16 bits per heavy atom. The van der Waals surface area contributed by atoms with Gasteiger partial charge in [0.15, 0.2) is 11.8 Å². The second-order valence-corrected chi connectivity index (χ2v) is 6.83. The van der Waals surface area contributed by atoms with Crippen LogP contribution in [-0.4, -0.2) is 52.1 Å². The van der Waals surface area contributed by atoms with Gasteiger partial charge in [-0.2, -0.15) is 10.2 Å². The highest BCUT2D eigenvalue weighted by Crippen LogP contribution is 2.41. The van der Waals surface area contributed by atoms with Gasteiger partial charge >= 0.3 is 5.97 Å². The fourth-order valence-corrected chi connectivity index (χ4v) is 3.53. The van der Waals surface area contributed by atoms with Gasteiger partial charge in [0, 0.05) is 38.3 Å². The van der Waals surface area contributed by atoms with Gasteiger partial charge in [-0.15, -0.1) is 0 Å². The molecule has 4 rings (SSSR count). The summed E-state index contributed by atoms with van der Waals surface area (Å²) in [4.78, 5) is 22.2. The van der Waals surface area contributed by atoms with Crippen molar-refractivity contribution in [3.05, 3.63) is 17.5 Å². The van der Waals surface area contributed by atoms with E-state index in [1.54, 1.807) is 9.75 Å². The number of anilines is 1. The summed E-state index contributed by atoms with van der Waals surface area (Å²) in [7, 11) is 5.13. The molecule has 2 atom stereocenters. The number of esters is 1. The van der Waals surface area contributed by atoms with Crippen molar-refractivity contribution in [2.45, 2.75) is 44.4 Å². The molecular formula is C17H23N5O3. The van der Waals surface area contributed by atoms with Gasteiger partial charge < -0.3 is 10.1 Å². The van der Waals surface area contributed by atoms with E-state index in [4.69, 9.17) is 9.57 Å². The number of hydroxylamine groups is 2. The zero-order chi connectivity index (χ0) is 17.7. The van der Waals surface area contributed by atoms with Gasteiger partial charge in [0.25, 0.3) is 0 Å². The Hall–Kier alpha value is -2.19.